The minimum Gasteiger partial charge on any atom is -0.324 e. The molecule has 0 fully saturated rings. The van der Waals surface area contributed by atoms with Crippen LogP contribution in [0.2, 0.25) is 0 Å². The zero-order valence-electron chi connectivity index (χ0n) is 19.6. The predicted molar refractivity (Wildman–Crippen MR) is 138 cm³/mol. The highest BCUT2D eigenvalue weighted by Crippen LogP contribution is 2.31. The van der Waals surface area contributed by atoms with Gasteiger partial charge >= 0.3 is 0 Å². The van der Waals surface area contributed by atoms with Gasteiger partial charge in [-0.1, -0.05) is 6.07 Å². The Hall–Kier alpha value is -5.34. The van der Waals surface area contributed by atoms with Crippen molar-refractivity contribution in [2.24, 2.45) is 0 Å². The molecular weight excluding hydrogens is 448 g/mol. The first-order chi connectivity index (χ1) is 17.6. The van der Waals surface area contributed by atoms with Gasteiger partial charge in [-0.05, 0) is 85.1 Å². The molecule has 1 N–H and O–H groups in total. The molecule has 8 heteroatoms. The molecule has 0 spiro atoms. The van der Waals surface area contributed by atoms with Crippen molar-refractivity contribution in [3.05, 3.63) is 95.3 Å². The van der Waals surface area contributed by atoms with E-state index in [1.165, 1.54) is 6.08 Å². The monoisotopic (exact) mass is 468 g/mol. The molecule has 0 saturated carbocycles. The van der Waals surface area contributed by atoms with Crippen molar-refractivity contribution < 1.29 is 0 Å². The van der Waals surface area contributed by atoms with E-state index in [2.05, 4.69) is 21.4 Å². The number of anilines is 2. The van der Waals surface area contributed by atoms with Crippen molar-refractivity contribution in [3.63, 3.8) is 0 Å². The van der Waals surface area contributed by atoms with Gasteiger partial charge in [0.15, 0.2) is 11.5 Å². The normalized spacial score (nSPS) is 10.9. The zero-order valence-corrected chi connectivity index (χ0v) is 19.6. The second-order valence-electron chi connectivity index (χ2n) is 8.17. The molecule has 2 aromatic carbocycles. The second kappa shape index (κ2) is 9.49. The molecule has 0 aliphatic heterocycles. The summed E-state index contributed by atoms with van der Waals surface area (Å²) >= 11 is 0. The number of aromatic nitrogens is 5. The van der Waals surface area contributed by atoms with Crippen LogP contribution in [0.15, 0.2) is 73.1 Å². The Labute approximate surface area is 207 Å². The van der Waals surface area contributed by atoms with E-state index in [4.69, 9.17) is 20.5 Å². The summed E-state index contributed by atoms with van der Waals surface area (Å²) in [5.74, 6) is 1.06. The van der Waals surface area contributed by atoms with Crippen molar-refractivity contribution in [2.45, 2.75) is 13.8 Å². The standard InChI is InChI=1S/C28H20N8/c1-18-14-21(6-5-12-29)15-19(2)25(18)36-26(23-7-3-4-13-31-23)34-24-17-32-28(35-27(24)36)33-22-10-8-20(16-30)9-11-22/h3-11,13-15,17H,1-2H3,(H,32,33,35)/b6-5+. The smallest absolute Gasteiger partial charge is 0.229 e. The van der Waals surface area contributed by atoms with Crippen LogP contribution in [-0.4, -0.2) is 24.5 Å². The summed E-state index contributed by atoms with van der Waals surface area (Å²) in [7, 11) is 0. The van der Waals surface area contributed by atoms with Gasteiger partial charge in [-0.3, -0.25) is 9.55 Å². The lowest BCUT2D eigenvalue weighted by atomic mass is 10.0. The Bertz CT molecular complexity index is 1660. The molecule has 5 rings (SSSR count). The van der Waals surface area contributed by atoms with E-state index in [1.54, 1.807) is 30.6 Å². The number of benzene rings is 2. The van der Waals surface area contributed by atoms with Crippen LogP contribution in [0.1, 0.15) is 22.3 Å². The number of imidazole rings is 1. The molecule has 0 unspecified atom stereocenters. The lowest BCUT2D eigenvalue weighted by molar-refractivity contribution is 1.03. The van der Waals surface area contributed by atoms with E-state index < -0.39 is 0 Å². The lowest BCUT2D eigenvalue weighted by Crippen LogP contribution is -2.06. The highest BCUT2D eigenvalue weighted by atomic mass is 15.2. The number of fused-ring (bicyclic) bond motifs is 1. The molecule has 172 valence electrons. The summed E-state index contributed by atoms with van der Waals surface area (Å²) in [6.07, 6.45) is 6.68. The van der Waals surface area contributed by atoms with Crippen molar-refractivity contribution in [1.29, 1.82) is 10.5 Å². The fourth-order valence-corrected chi connectivity index (χ4v) is 4.14. The first-order valence-electron chi connectivity index (χ1n) is 11.2. The average Bonchev–Trinajstić information content (AvgIpc) is 3.26. The number of nitrogens with zero attached hydrogens (tertiary/aromatic N) is 7. The molecule has 8 nitrogen and oxygen atoms in total. The Morgan fingerprint density at radius 2 is 1.72 bits per heavy atom. The predicted octanol–water partition coefficient (Wildman–Crippen LogP) is 5.65. The van der Waals surface area contributed by atoms with Crippen LogP contribution in [0, 0.1) is 36.5 Å². The molecule has 3 aromatic heterocycles. The number of allylic oxidation sites excluding steroid dienone is 1. The van der Waals surface area contributed by atoms with Crippen LogP contribution in [0.3, 0.4) is 0 Å². The molecule has 0 bridgehead atoms. The molecule has 36 heavy (non-hydrogen) atoms. The SMILES string of the molecule is Cc1cc(/C=C/C#N)cc(C)c1-n1c(-c2ccccn2)nc2cnc(Nc3ccc(C#N)cc3)nc21. The Balaban J connectivity index is 1.70. The van der Waals surface area contributed by atoms with Crippen molar-refractivity contribution in [2.75, 3.05) is 5.32 Å². The van der Waals surface area contributed by atoms with E-state index in [-0.39, 0.29) is 0 Å². The van der Waals surface area contributed by atoms with Crippen LogP contribution < -0.4 is 5.32 Å². The summed E-state index contributed by atoms with van der Waals surface area (Å²) in [6, 6.07) is 21.0. The third-order valence-electron chi connectivity index (χ3n) is 5.65. The fraction of sp³-hybridized carbons (Fsp3) is 0.0714. The fourth-order valence-electron chi connectivity index (χ4n) is 4.14. The van der Waals surface area contributed by atoms with E-state index in [1.807, 2.05) is 66.9 Å². The maximum absolute atomic E-state index is 9.05. The summed E-state index contributed by atoms with van der Waals surface area (Å²) in [5.41, 5.74) is 7.21. The van der Waals surface area contributed by atoms with E-state index >= 15 is 0 Å². The van der Waals surface area contributed by atoms with Crippen LogP contribution in [-0.2, 0) is 0 Å². The van der Waals surface area contributed by atoms with E-state index in [0.717, 1.165) is 28.1 Å². The lowest BCUT2D eigenvalue weighted by Gasteiger charge is -2.16. The quantitative estimate of drug-likeness (QED) is 0.331. The number of nitrogens with one attached hydrogen (secondary N) is 1. The molecule has 5 aromatic rings. The molecule has 0 atom stereocenters. The van der Waals surface area contributed by atoms with E-state index in [0.29, 0.717) is 34.2 Å². The first kappa shape index (κ1) is 22.5. The number of nitriles is 2. The van der Waals surface area contributed by atoms with E-state index in [9.17, 15) is 0 Å². The van der Waals surface area contributed by atoms with Crippen LogP contribution in [0.25, 0.3) is 34.4 Å². The zero-order chi connectivity index (χ0) is 25.1. The maximum Gasteiger partial charge on any atom is 0.229 e. The molecule has 0 amide bonds. The third kappa shape index (κ3) is 4.27. The van der Waals surface area contributed by atoms with Gasteiger partial charge in [-0.15, -0.1) is 0 Å². The summed E-state index contributed by atoms with van der Waals surface area (Å²) < 4.78 is 2.01. The van der Waals surface area contributed by atoms with Crippen LogP contribution in [0.5, 0.6) is 0 Å². The minimum absolute atomic E-state index is 0.407. The number of rotatable bonds is 5. The van der Waals surface area contributed by atoms with Gasteiger partial charge in [0, 0.05) is 18.0 Å². The third-order valence-corrected chi connectivity index (χ3v) is 5.65. The van der Waals surface area contributed by atoms with Gasteiger partial charge in [-0.25, -0.2) is 9.97 Å². The first-order valence-corrected chi connectivity index (χ1v) is 11.2. The maximum atomic E-state index is 9.05. The van der Waals surface area contributed by atoms with Gasteiger partial charge < -0.3 is 5.32 Å². The molecule has 0 saturated heterocycles. The van der Waals surface area contributed by atoms with Crippen molar-refractivity contribution >= 4 is 28.9 Å². The van der Waals surface area contributed by atoms with Crippen molar-refractivity contribution in [1.82, 2.24) is 24.5 Å². The molecule has 3 heterocycles. The highest BCUT2D eigenvalue weighted by Gasteiger charge is 2.20. The number of pyridine rings is 1. The Kier molecular flexibility index (Phi) is 5.92. The van der Waals surface area contributed by atoms with Gasteiger partial charge in [0.25, 0.3) is 0 Å². The number of aryl methyl sites for hydroxylation is 2. The van der Waals surface area contributed by atoms with Gasteiger partial charge in [-0.2, -0.15) is 15.5 Å². The molecule has 0 aliphatic carbocycles. The highest BCUT2D eigenvalue weighted by molar-refractivity contribution is 5.81. The summed E-state index contributed by atoms with van der Waals surface area (Å²) in [4.78, 5) is 18.6. The van der Waals surface area contributed by atoms with Gasteiger partial charge in [0.05, 0.1) is 29.6 Å². The molecule has 0 radical (unpaired) electrons. The summed E-state index contributed by atoms with van der Waals surface area (Å²) in [6.45, 7) is 4.05. The summed E-state index contributed by atoms with van der Waals surface area (Å²) in [5, 5.41) is 21.2. The van der Waals surface area contributed by atoms with Gasteiger partial charge in [0.2, 0.25) is 5.95 Å². The largest absolute Gasteiger partial charge is 0.324 e. The minimum atomic E-state index is 0.407. The van der Waals surface area contributed by atoms with Crippen molar-refractivity contribution in [3.8, 4) is 29.3 Å². The average molecular weight is 469 g/mol. The second-order valence-corrected chi connectivity index (χ2v) is 8.17. The van der Waals surface area contributed by atoms with Crippen LogP contribution >= 0.6 is 0 Å². The molecule has 0 aliphatic rings. The van der Waals surface area contributed by atoms with Crippen LogP contribution in [0.4, 0.5) is 11.6 Å². The van der Waals surface area contributed by atoms with Gasteiger partial charge in [0.1, 0.15) is 11.2 Å². The Morgan fingerprint density at radius 3 is 2.39 bits per heavy atom. The Morgan fingerprint density at radius 1 is 0.944 bits per heavy atom. The number of hydrogen-bond donors (Lipinski definition) is 1. The number of hydrogen-bond acceptors (Lipinski definition) is 7. The topological polar surface area (TPSA) is 116 Å². The molecular formula is C28H20N8.